The quantitative estimate of drug-likeness (QED) is 0.522. The predicted octanol–water partition coefficient (Wildman–Crippen LogP) is 2.50. The lowest BCUT2D eigenvalue weighted by Gasteiger charge is -2.34. The van der Waals surface area contributed by atoms with Crippen LogP contribution in [0.2, 0.25) is 0 Å². The van der Waals surface area contributed by atoms with Crippen molar-refractivity contribution in [3.05, 3.63) is 68.7 Å². The maximum atomic E-state index is 12.8. The van der Waals surface area contributed by atoms with Gasteiger partial charge in [0.1, 0.15) is 0 Å². The Kier molecular flexibility index (Phi) is 5.59. The third kappa shape index (κ3) is 4.02. The van der Waals surface area contributed by atoms with Gasteiger partial charge in [-0.05, 0) is 30.3 Å². The number of nitro groups is 1. The van der Waals surface area contributed by atoms with Gasteiger partial charge in [-0.15, -0.1) is 0 Å². The van der Waals surface area contributed by atoms with E-state index in [4.69, 9.17) is 0 Å². The number of benzene rings is 2. The first-order valence-corrected chi connectivity index (χ1v) is 10.3. The molecule has 1 fully saturated rings. The molecular weight excluding hydrogens is 438 g/mol. The molecule has 0 aliphatic carbocycles. The Labute approximate surface area is 164 Å². The van der Waals surface area contributed by atoms with Crippen LogP contribution in [0.3, 0.4) is 0 Å². The van der Waals surface area contributed by atoms with Gasteiger partial charge < -0.3 is 4.90 Å². The maximum Gasteiger partial charge on any atom is 0.289 e. The number of para-hydroxylation sites is 1. The molecule has 0 unspecified atom stereocenters. The van der Waals surface area contributed by atoms with Crippen molar-refractivity contribution in [2.75, 3.05) is 26.2 Å². The fourth-order valence-electron chi connectivity index (χ4n) is 2.87. The summed E-state index contributed by atoms with van der Waals surface area (Å²) in [5.41, 5.74) is 0.0686. The monoisotopic (exact) mass is 453 g/mol. The number of piperazine rings is 1. The summed E-state index contributed by atoms with van der Waals surface area (Å²) in [7, 11) is -4.01. The second-order valence-electron chi connectivity index (χ2n) is 5.93. The first kappa shape index (κ1) is 19.5. The number of sulfonamides is 1. The fraction of sp³-hybridized carbons (Fsp3) is 0.235. The summed E-state index contributed by atoms with van der Waals surface area (Å²) < 4.78 is 27.7. The normalized spacial score (nSPS) is 15.5. The van der Waals surface area contributed by atoms with E-state index in [2.05, 4.69) is 15.9 Å². The lowest BCUT2D eigenvalue weighted by Crippen LogP contribution is -2.50. The van der Waals surface area contributed by atoms with E-state index in [0.29, 0.717) is 5.56 Å². The van der Waals surface area contributed by atoms with E-state index in [-0.39, 0.29) is 37.0 Å². The number of halogens is 1. The van der Waals surface area contributed by atoms with Crippen molar-refractivity contribution in [3.63, 3.8) is 0 Å². The van der Waals surface area contributed by atoms with Crippen LogP contribution in [0, 0.1) is 10.1 Å². The Bertz CT molecular complexity index is 970. The molecule has 0 spiro atoms. The molecule has 1 aliphatic rings. The third-order valence-electron chi connectivity index (χ3n) is 4.30. The van der Waals surface area contributed by atoms with Gasteiger partial charge in [0.15, 0.2) is 4.90 Å². The standard InChI is InChI=1S/C17H16BrN3O5S/c18-14-7-5-13(6-8-14)17(22)19-9-11-20(12-10-19)27(25,26)16-4-2-1-3-15(16)21(23)24/h1-8H,9-12H2. The number of hydrogen-bond donors (Lipinski definition) is 0. The van der Waals surface area contributed by atoms with Gasteiger partial charge in [-0.2, -0.15) is 4.31 Å². The molecule has 2 aromatic rings. The van der Waals surface area contributed by atoms with Gasteiger partial charge in [0.25, 0.3) is 11.6 Å². The van der Waals surface area contributed by atoms with E-state index in [0.717, 1.165) is 4.47 Å². The van der Waals surface area contributed by atoms with Crippen LogP contribution >= 0.6 is 15.9 Å². The molecule has 8 nitrogen and oxygen atoms in total. The number of amides is 1. The Morgan fingerprint density at radius 2 is 1.59 bits per heavy atom. The highest BCUT2D eigenvalue weighted by Crippen LogP contribution is 2.27. The number of nitrogens with zero attached hydrogens (tertiary/aromatic N) is 3. The first-order valence-electron chi connectivity index (χ1n) is 8.09. The summed E-state index contributed by atoms with van der Waals surface area (Å²) in [5, 5.41) is 11.1. The Morgan fingerprint density at radius 3 is 2.19 bits per heavy atom. The molecule has 142 valence electrons. The summed E-state index contributed by atoms with van der Waals surface area (Å²) in [6.07, 6.45) is 0. The first-order chi connectivity index (χ1) is 12.8. The minimum Gasteiger partial charge on any atom is -0.336 e. The molecule has 1 aliphatic heterocycles. The summed E-state index contributed by atoms with van der Waals surface area (Å²) >= 11 is 3.31. The number of carbonyl (C=O) groups is 1. The lowest BCUT2D eigenvalue weighted by atomic mass is 10.2. The number of nitro benzene ring substituents is 1. The smallest absolute Gasteiger partial charge is 0.289 e. The van der Waals surface area contributed by atoms with Crippen LogP contribution in [0.5, 0.6) is 0 Å². The summed E-state index contributed by atoms with van der Waals surface area (Å²) in [6.45, 7) is 0.594. The van der Waals surface area contributed by atoms with E-state index in [1.165, 1.54) is 28.6 Å². The second kappa shape index (κ2) is 7.75. The zero-order chi connectivity index (χ0) is 19.6. The minimum atomic E-state index is -4.01. The molecule has 0 aromatic heterocycles. The largest absolute Gasteiger partial charge is 0.336 e. The van der Waals surface area contributed by atoms with Crippen molar-refractivity contribution in [2.24, 2.45) is 0 Å². The van der Waals surface area contributed by atoms with Crippen LogP contribution in [0.25, 0.3) is 0 Å². The van der Waals surface area contributed by atoms with Crippen LogP contribution in [0.4, 0.5) is 5.69 Å². The molecule has 0 bridgehead atoms. The number of carbonyl (C=O) groups excluding carboxylic acids is 1. The molecule has 0 atom stereocenters. The molecule has 1 saturated heterocycles. The number of hydrogen-bond acceptors (Lipinski definition) is 5. The predicted molar refractivity (Wildman–Crippen MR) is 102 cm³/mol. The second-order valence-corrected chi connectivity index (χ2v) is 8.75. The Balaban J connectivity index is 1.74. The molecule has 0 radical (unpaired) electrons. The third-order valence-corrected chi connectivity index (χ3v) is 6.77. The van der Waals surface area contributed by atoms with E-state index in [9.17, 15) is 23.3 Å². The van der Waals surface area contributed by atoms with E-state index >= 15 is 0 Å². The van der Waals surface area contributed by atoms with Gasteiger partial charge >= 0.3 is 0 Å². The van der Waals surface area contributed by atoms with Crippen molar-refractivity contribution < 1.29 is 18.1 Å². The molecule has 2 aromatic carbocycles. The zero-order valence-electron chi connectivity index (χ0n) is 14.1. The van der Waals surface area contributed by atoms with Crippen molar-refractivity contribution in [3.8, 4) is 0 Å². The van der Waals surface area contributed by atoms with Crippen LogP contribution in [-0.4, -0.2) is 54.6 Å². The fourth-order valence-corrected chi connectivity index (χ4v) is 4.72. The van der Waals surface area contributed by atoms with Crippen molar-refractivity contribution >= 4 is 37.5 Å². The number of rotatable bonds is 4. The van der Waals surface area contributed by atoms with Crippen LogP contribution in [0.15, 0.2) is 57.9 Å². The van der Waals surface area contributed by atoms with Crippen molar-refractivity contribution in [1.29, 1.82) is 0 Å². The van der Waals surface area contributed by atoms with Crippen LogP contribution in [-0.2, 0) is 10.0 Å². The van der Waals surface area contributed by atoms with Gasteiger partial charge in [0, 0.05) is 42.3 Å². The SMILES string of the molecule is O=C(c1ccc(Br)cc1)N1CCN(S(=O)(=O)c2ccccc2[N+](=O)[O-])CC1. The molecule has 10 heteroatoms. The van der Waals surface area contributed by atoms with Gasteiger partial charge in [-0.3, -0.25) is 14.9 Å². The topological polar surface area (TPSA) is 101 Å². The summed E-state index contributed by atoms with van der Waals surface area (Å²) in [5.74, 6) is -0.176. The molecule has 27 heavy (non-hydrogen) atoms. The van der Waals surface area contributed by atoms with E-state index in [1.54, 1.807) is 29.2 Å². The van der Waals surface area contributed by atoms with Crippen LogP contribution < -0.4 is 0 Å². The Hall–Kier alpha value is -2.30. The average molecular weight is 454 g/mol. The highest BCUT2D eigenvalue weighted by atomic mass is 79.9. The molecular formula is C17H16BrN3O5S. The average Bonchev–Trinajstić information content (AvgIpc) is 2.68. The molecule has 1 heterocycles. The minimum absolute atomic E-state index is 0.0800. The molecule has 3 rings (SSSR count). The van der Waals surface area contributed by atoms with Crippen molar-refractivity contribution in [1.82, 2.24) is 9.21 Å². The highest BCUT2D eigenvalue weighted by molar-refractivity contribution is 9.10. The van der Waals surface area contributed by atoms with Crippen molar-refractivity contribution in [2.45, 2.75) is 4.90 Å². The van der Waals surface area contributed by atoms with E-state index in [1.807, 2.05) is 0 Å². The van der Waals surface area contributed by atoms with E-state index < -0.39 is 20.6 Å². The zero-order valence-corrected chi connectivity index (χ0v) is 16.5. The summed E-state index contributed by atoms with van der Waals surface area (Å²) in [4.78, 5) is 24.2. The van der Waals surface area contributed by atoms with Gasteiger partial charge in [0.2, 0.25) is 10.0 Å². The molecule has 1 amide bonds. The maximum absolute atomic E-state index is 12.8. The Morgan fingerprint density at radius 1 is 1.00 bits per heavy atom. The van der Waals surface area contributed by atoms with Crippen LogP contribution in [0.1, 0.15) is 10.4 Å². The molecule has 0 N–H and O–H groups in total. The summed E-state index contributed by atoms with van der Waals surface area (Å²) in [6, 6.07) is 12.2. The van der Waals surface area contributed by atoms with Gasteiger partial charge in [0.05, 0.1) is 4.92 Å². The lowest BCUT2D eigenvalue weighted by molar-refractivity contribution is -0.387. The molecule has 0 saturated carbocycles. The van der Waals surface area contributed by atoms with Gasteiger partial charge in [-0.1, -0.05) is 28.1 Å². The van der Waals surface area contributed by atoms with Gasteiger partial charge in [-0.25, -0.2) is 8.42 Å². The highest BCUT2D eigenvalue weighted by Gasteiger charge is 2.34.